The van der Waals surface area contributed by atoms with Gasteiger partial charge in [0.2, 0.25) is 0 Å². The Morgan fingerprint density at radius 1 is 1.12 bits per heavy atom. The van der Waals surface area contributed by atoms with Gasteiger partial charge in [-0.2, -0.15) is 0 Å². The highest BCUT2D eigenvalue weighted by atomic mass is 15.3. The van der Waals surface area contributed by atoms with E-state index in [0.717, 1.165) is 11.4 Å². The summed E-state index contributed by atoms with van der Waals surface area (Å²) in [6.07, 6.45) is 1.79. The van der Waals surface area contributed by atoms with E-state index in [0.29, 0.717) is 0 Å². The van der Waals surface area contributed by atoms with Crippen LogP contribution in [-0.4, -0.2) is 14.8 Å². The highest BCUT2D eigenvalue weighted by Crippen LogP contribution is 2.25. The van der Waals surface area contributed by atoms with E-state index in [1.165, 1.54) is 5.56 Å². The Balaban J connectivity index is 2.58. The summed E-state index contributed by atoms with van der Waals surface area (Å²) in [6, 6.07) is 8.25. The molecule has 0 fully saturated rings. The molecular weight excluding hydrogens is 198 g/mol. The molecule has 0 atom stereocenters. The van der Waals surface area contributed by atoms with Crippen molar-refractivity contribution < 1.29 is 0 Å². The first kappa shape index (κ1) is 10.9. The number of hydrogen-bond donors (Lipinski definition) is 0. The van der Waals surface area contributed by atoms with Crippen LogP contribution in [0.15, 0.2) is 30.6 Å². The standard InChI is InChI=1S/C13H17N3/c1-10-7-5-6-8-11(10)12-15-14-9-16(12)13(2,3)4/h5-9H,1-4H3. The fourth-order valence-electron chi connectivity index (χ4n) is 1.73. The molecule has 0 N–H and O–H groups in total. The lowest BCUT2D eigenvalue weighted by Crippen LogP contribution is -2.22. The van der Waals surface area contributed by atoms with E-state index < -0.39 is 0 Å². The molecule has 0 spiro atoms. The summed E-state index contributed by atoms with van der Waals surface area (Å²) >= 11 is 0. The fourth-order valence-corrected chi connectivity index (χ4v) is 1.73. The molecule has 0 bridgehead atoms. The van der Waals surface area contributed by atoms with Gasteiger partial charge in [0.15, 0.2) is 5.82 Å². The zero-order valence-electron chi connectivity index (χ0n) is 10.2. The van der Waals surface area contributed by atoms with Gasteiger partial charge in [-0.25, -0.2) is 0 Å². The monoisotopic (exact) mass is 215 g/mol. The summed E-state index contributed by atoms with van der Waals surface area (Å²) < 4.78 is 2.11. The Morgan fingerprint density at radius 2 is 1.81 bits per heavy atom. The Hall–Kier alpha value is -1.64. The van der Waals surface area contributed by atoms with Crippen molar-refractivity contribution in [3.05, 3.63) is 36.2 Å². The number of aromatic nitrogens is 3. The van der Waals surface area contributed by atoms with Crippen LogP contribution in [0.3, 0.4) is 0 Å². The van der Waals surface area contributed by atoms with Crippen LogP contribution in [0.5, 0.6) is 0 Å². The van der Waals surface area contributed by atoms with E-state index >= 15 is 0 Å². The predicted molar refractivity (Wildman–Crippen MR) is 65.2 cm³/mol. The van der Waals surface area contributed by atoms with Crippen molar-refractivity contribution in [1.29, 1.82) is 0 Å². The molecular formula is C13H17N3. The van der Waals surface area contributed by atoms with E-state index in [2.05, 4.69) is 54.6 Å². The largest absolute Gasteiger partial charge is 0.308 e. The number of aryl methyl sites for hydroxylation is 1. The quantitative estimate of drug-likeness (QED) is 0.732. The third-order valence-corrected chi connectivity index (χ3v) is 2.66. The Kier molecular flexibility index (Phi) is 2.54. The van der Waals surface area contributed by atoms with E-state index in [1.807, 2.05) is 12.1 Å². The van der Waals surface area contributed by atoms with Crippen molar-refractivity contribution in [2.24, 2.45) is 0 Å². The molecule has 2 aromatic rings. The van der Waals surface area contributed by atoms with Crippen LogP contribution in [0.1, 0.15) is 26.3 Å². The van der Waals surface area contributed by atoms with Gasteiger partial charge in [-0.05, 0) is 33.3 Å². The molecule has 0 saturated carbocycles. The third kappa shape index (κ3) is 1.85. The molecule has 0 aliphatic heterocycles. The second-order valence-corrected chi connectivity index (χ2v) is 5.01. The van der Waals surface area contributed by atoms with E-state index in [-0.39, 0.29) is 5.54 Å². The topological polar surface area (TPSA) is 30.7 Å². The first-order valence-corrected chi connectivity index (χ1v) is 5.46. The first-order chi connectivity index (χ1) is 7.50. The summed E-state index contributed by atoms with van der Waals surface area (Å²) in [5.41, 5.74) is 2.37. The number of hydrogen-bond acceptors (Lipinski definition) is 2. The van der Waals surface area contributed by atoms with Crippen LogP contribution < -0.4 is 0 Å². The molecule has 0 amide bonds. The maximum atomic E-state index is 4.23. The lowest BCUT2D eigenvalue weighted by molar-refractivity contribution is 0.399. The van der Waals surface area contributed by atoms with Gasteiger partial charge in [-0.1, -0.05) is 24.3 Å². The van der Waals surface area contributed by atoms with Crippen molar-refractivity contribution in [1.82, 2.24) is 14.8 Å². The highest BCUT2D eigenvalue weighted by Gasteiger charge is 2.19. The first-order valence-electron chi connectivity index (χ1n) is 5.46. The Labute approximate surface area is 96.1 Å². The van der Waals surface area contributed by atoms with Crippen LogP contribution >= 0.6 is 0 Å². The van der Waals surface area contributed by atoms with E-state index in [1.54, 1.807) is 6.33 Å². The summed E-state index contributed by atoms with van der Waals surface area (Å²) in [6.45, 7) is 8.55. The molecule has 2 rings (SSSR count). The number of nitrogens with zero attached hydrogens (tertiary/aromatic N) is 3. The van der Waals surface area contributed by atoms with Crippen molar-refractivity contribution in [2.75, 3.05) is 0 Å². The normalized spacial score (nSPS) is 11.8. The van der Waals surface area contributed by atoms with Crippen LogP contribution in [-0.2, 0) is 5.54 Å². The summed E-state index contributed by atoms with van der Waals surface area (Å²) in [5.74, 6) is 0.936. The maximum absolute atomic E-state index is 4.23. The molecule has 1 heterocycles. The van der Waals surface area contributed by atoms with Crippen LogP contribution in [0.25, 0.3) is 11.4 Å². The van der Waals surface area contributed by atoms with Gasteiger partial charge >= 0.3 is 0 Å². The van der Waals surface area contributed by atoms with Gasteiger partial charge in [-0.15, -0.1) is 10.2 Å². The minimum Gasteiger partial charge on any atom is -0.308 e. The lowest BCUT2D eigenvalue weighted by Gasteiger charge is -2.22. The lowest BCUT2D eigenvalue weighted by atomic mass is 10.1. The molecule has 0 saturated heterocycles. The van der Waals surface area contributed by atoms with Gasteiger partial charge in [0.05, 0.1) is 0 Å². The van der Waals surface area contributed by atoms with Gasteiger partial charge in [0.1, 0.15) is 6.33 Å². The molecule has 0 unspecified atom stereocenters. The van der Waals surface area contributed by atoms with Crippen molar-refractivity contribution in [3.63, 3.8) is 0 Å². The average Bonchev–Trinajstić information content (AvgIpc) is 2.66. The van der Waals surface area contributed by atoms with Gasteiger partial charge < -0.3 is 4.57 Å². The third-order valence-electron chi connectivity index (χ3n) is 2.66. The molecule has 1 aromatic heterocycles. The molecule has 84 valence electrons. The highest BCUT2D eigenvalue weighted by molar-refractivity contribution is 5.59. The predicted octanol–water partition coefficient (Wildman–Crippen LogP) is 3.01. The molecule has 0 radical (unpaired) electrons. The summed E-state index contributed by atoms with van der Waals surface area (Å²) in [7, 11) is 0. The number of rotatable bonds is 1. The summed E-state index contributed by atoms with van der Waals surface area (Å²) in [5, 5.41) is 8.25. The molecule has 16 heavy (non-hydrogen) atoms. The minimum absolute atomic E-state index is 0.00111. The molecule has 3 heteroatoms. The molecule has 1 aromatic carbocycles. The molecule has 0 aliphatic rings. The van der Waals surface area contributed by atoms with Crippen LogP contribution in [0.2, 0.25) is 0 Å². The molecule has 3 nitrogen and oxygen atoms in total. The SMILES string of the molecule is Cc1ccccc1-c1nncn1C(C)(C)C. The van der Waals surface area contributed by atoms with Gasteiger partial charge in [0.25, 0.3) is 0 Å². The second-order valence-electron chi connectivity index (χ2n) is 5.01. The van der Waals surface area contributed by atoms with Gasteiger partial charge in [-0.3, -0.25) is 0 Å². The van der Waals surface area contributed by atoms with E-state index in [4.69, 9.17) is 0 Å². The maximum Gasteiger partial charge on any atom is 0.164 e. The average molecular weight is 215 g/mol. The van der Waals surface area contributed by atoms with Crippen molar-refractivity contribution in [3.8, 4) is 11.4 Å². The van der Waals surface area contributed by atoms with Crippen molar-refractivity contribution >= 4 is 0 Å². The zero-order chi connectivity index (χ0) is 11.8. The van der Waals surface area contributed by atoms with Crippen molar-refractivity contribution in [2.45, 2.75) is 33.2 Å². The number of benzene rings is 1. The Morgan fingerprint density at radius 3 is 2.44 bits per heavy atom. The fraction of sp³-hybridized carbons (Fsp3) is 0.385. The Bertz CT molecular complexity index is 492. The molecule has 0 aliphatic carbocycles. The van der Waals surface area contributed by atoms with E-state index in [9.17, 15) is 0 Å². The van der Waals surface area contributed by atoms with Gasteiger partial charge in [0, 0.05) is 11.1 Å². The summed E-state index contributed by atoms with van der Waals surface area (Å²) in [4.78, 5) is 0. The second kappa shape index (κ2) is 3.74. The minimum atomic E-state index is 0.00111. The zero-order valence-corrected chi connectivity index (χ0v) is 10.2. The van der Waals surface area contributed by atoms with Crippen LogP contribution in [0, 0.1) is 6.92 Å². The van der Waals surface area contributed by atoms with Crippen LogP contribution in [0.4, 0.5) is 0 Å². The smallest absolute Gasteiger partial charge is 0.164 e.